The number of nitrogens with one attached hydrogen (secondary N) is 3. The summed E-state index contributed by atoms with van der Waals surface area (Å²) in [5.74, 6) is -0.550. The summed E-state index contributed by atoms with van der Waals surface area (Å²) in [5, 5.41) is 14.7. The molecule has 36 heavy (non-hydrogen) atoms. The van der Waals surface area contributed by atoms with E-state index in [0.29, 0.717) is 34.0 Å². The van der Waals surface area contributed by atoms with E-state index in [4.69, 9.17) is 0 Å². The molecule has 10 heteroatoms. The van der Waals surface area contributed by atoms with Gasteiger partial charge >= 0.3 is 0 Å². The first-order valence-corrected chi connectivity index (χ1v) is 12.4. The highest BCUT2D eigenvalue weighted by Crippen LogP contribution is 2.31. The average molecular weight is 489 g/mol. The van der Waals surface area contributed by atoms with Gasteiger partial charge in [0.05, 0.1) is 22.5 Å². The highest BCUT2D eigenvalue weighted by Gasteiger charge is 2.23. The molecule has 0 saturated carbocycles. The third-order valence-electron chi connectivity index (χ3n) is 6.74. The van der Waals surface area contributed by atoms with Crippen molar-refractivity contribution in [3.8, 4) is 0 Å². The van der Waals surface area contributed by atoms with Crippen LogP contribution in [0.4, 0.5) is 11.4 Å². The van der Waals surface area contributed by atoms with Gasteiger partial charge in [0.1, 0.15) is 11.2 Å². The maximum atomic E-state index is 13.4. The molecule has 10 nitrogen and oxygen atoms in total. The number of anilines is 2. The quantitative estimate of drug-likeness (QED) is 0.385. The van der Waals surface area contributed by atoms with Gasteiger partial charge in [-0.1, -0.05) is 6.92 Å². The van der Waals surface area contributed by atoms with E-state index in [1.54, 1.807) is 28.4 Å². The number of imidazole rings is 1. The molecule has 188 valence electrons. The van der Waals surface area contributed by atoms with Gasteiger partial charge in [0.15, 0.2) is 0 Å². The van der Waals surface area contributed by atoms with Crippen molar-refractivity contribution in [2.75, 3.05) is 36.9 Å². The summed E-state index contributed by atoms with van der Waals surface area (Å²) in [7, 11) is 3.44. The lowest BCUT2D eigenvalue weighted by Gasteiger charge is -2.34. The van der Waals surface area contributed by atoms with E-state index < -0.39 is 0 Å². The Morgan fingerprint density at radius 3 is 2.58 bits per heavy atom. The summed E-state index contributed by atoms with van der Waals surface area (Å²) >= 11 is 0. The van der Waals surface area contributed by atoms with Crippen molar-refractivity contribution in [3.63, 3.8) is 0 Å². The average Bonchev–Trinajstić information content (AvgIpc) is 3.44. The number of carbonyl (C=O) groups excluding carboxylic acids is 2. The van der Waals surface area contributed by atoms with Gasteiger partial charge in [-0.15, -0.1) is 0 Å². The lowest BCUT2D eigenvalue weighted by Crippen LogP contribution is -2.42. The lowest BCUT2D eigenvalue weighted by molar-refractivity contribution is 0.0962. The van der Waals surface area contributed by atoms with Gasteiger partial charge in [-0.25, -0.2) is 4.98 Å². The number of hydrogen-bond acceptors (Lipinski definition) is 6. The number of carbonyl (C=O) groups is 2. The van der Waals surface area contributed by atoms with Crippen LogP contribution in [0.1, 0.15) is 46.2 Å². The van der Waals surface area contributed by atoms with Crippen LogP contribution < -0.4 is 20.9 Å². The standard InChI is InChI=1S/C26H32N8O2/c1-5-28-17-8-10-33(11-9-17)22-7-6-19(23-21(22)15-32(4)31-23)26(36)30-18-12-20(25(35)27-3)24-29-16(2)13-34(24)14-18/h6-7,12-15,17,28H,5,8-11H2,1-4H3,(H,27,35)(H,30,36). The zero-order valence-electron chi connectivity index (χ0n) is 21.1. The SMILES string of the molecule is CCNC1CCN(c2ccc(C(=O)Nc3cc(C(=O)NC)c4nc(C)cn4c3)c3nn(C)cc23)CC1. The molecule has 1 aliphatic rings. The molecule has 0 atom stereocenters. The maximum absolute atomic E-state index is 13.4. The molecule has 2 amide bonds. The van der Waals surface area contributed by atoms with E-state index in [2.05, 4.69) is 37.9 Å². The topological polar surface area (TPSA) is 109 Å². The molecule has 0 unspecified atom stereocenters. The number of aromatic nitrogens is 4. The number of pyridine rings is 1. The zero-order chi connectivity index (χ0) is 25.4. The summed E-state index contributed by atoms with van der Waals surface area (Å²) < 4.78 is 3.51. The van der Waals surface area contributed by atoms with Crippen LogP contribution in [0.25, 0.3) is 16.6 Å². The van der Waals surface area contributed by atoms with Crippen LogP contribution in [-0.4, -0.2) is 63.7 Å². The van der Waals surface area contributed by atoms with Gasteiger partial charge in [-0.3, -0.25) is 14.3 Å². The van der Waals surface area contributed by atoms with Gasteiger partial charge in [0.25, 0.3) is 11.8 Å². The Labute approximate surface area is 209 Å². The Bertz CT molecular complexity index is 1450. The number of aryl methyl sites for hydroxylation is 2. The highest BCUT2D eigenvalue weighted by molar-refractivity contribution is 6.14. The molecule has 4 heterocycles. The first-order valence-electron chi connectivity index (χ1n) is 12.4. The number of rotatable bonds is 6. The molecular weight excluding hydrogens is 456 g/mol. The minimum Gasteiger partial charge on any atom is -0.371 e. The van der Waals surface area contributed by atoms with E-state index in [1.807, 2.05) is 38.5 Å². The van der Waals surface area contributed by atoms with Gasteiger partial charge < -0.3 is 25.3 Å². The van der Waals surface area contributed by atoms with E-state index in [0.717, 1.165) is 49.2 Å². The Morgan fingerprint density at radius 2 is 1.86 bits per heavy atom. The number of hydrogen-bond donors (Lipinski definition) is 3. The summed E-state index contributed by atoms with van der Waals surface area (Å²) in [6, 6.07) is 6.06. The smallest absolute Gasteiger partial charge is 0.257 e. The third-order valence-corrected chi connectivity index (χ3v) is 6.74. The van der Waals surface area contributed by atoms with Crippen molar-refractivity contribution < 1.29 is 9.59 Å². The fourth-order valence-corrected chi connectivity index (χ4v) is 5.07. The van der Waals surface area contributed by atoms with Crippen LogP contribution in [0.5, 0.6) is 0 Å². The molecule has 0 aliphatic carbocycles. The molecule has 1 aliphatic heterocycles. The van der Waals surface area contributed by atoms with Crippen molar-refractivity contribution in [1.29, 1.82) is 0 Å². The molecule has 0 radical (unpaired) electrons. The fourth-order valence-electron chi connectivity index (χ4n) is 5.07. The molecule has 1 fully saturated rings. The van der Waals surface area contributed by atoms with Crippen molar-refractivity contribution in [3.05, 3.63) is 53.6 Å². The van der Waals surface area contributed by atoms with Crippen LogP contribution in [-0.2, 0) is 7.05 Å². The van der Waals surface area contributed by atoms with Gasteiger partial charge in [-0.2, -0.15) is 5.10 Å². The van der Waals surface area contributed by atoms with Crippen molar-refractivity contribution in [2.24, 2.45) is 7.05 Å². The molecule has 3 aromatic heterocycles. The highest BCUT2D eigenvalue weighted by atomic mass is 16.2. The van der Waals surface area contributed by atoms with Gasteiger partial charge in [-0.05, 0) is 44.5 Å². The van der Waals surface area contributed by atoms with Crippen LogP contribution in [0, 0.1) is 6.92 Å². The number of fused-ring (bicyclic) bond motifs is 2. The van der Waals surface area contributed by atoms with Crippen molar-refractivity contribution in [1.82, 2.24) is 29.8 Å². The number of benzene rings is 1. The second-order valence-electron chi connectivity index (χ2n) is 9.31. The molecule has 3 N–H and O–H groups in total. The second-order valence-corrected chi connectivity index (χ2v) is 9.31. The van der Waals surface area contributed by atoms with E-state index in [1.165, 1.54) is 0 Å². The molecule has 5 rings (SSSR count). The Balaban J connectivity index is 1.45. The molecule has 0 bridgehead atoms. The molecular formula is C26H32N8O2. The molecule has 0 spiro atoms. The van der Waals surface area contributed by atoms with Crippen molar-refractivity contribution >= 4 is 39.7 Å². The van der Waals surface area contributed by atoms with E-state index >= 15 is 0 Å². The fraction of sp³-hybridized carbons (Fsp3) is 0.385. The summed E-state index contributed by atoms with van der Waals surface area (Å²) in [4.78, 5) is 32.7. The minimum absolute atomic E-state index is 0.268. The molecule has 1 aromatic carbocycles. The van der Waals surface area contributed by atoms with Crippen molar-refractivity contribution in [2.45, 2.75) is 32.7 Å². The first-order chi connectivity index (χ1) is 17.4. The number of piperidine rings is 1. The normalized spacial score (nSPS) is 14.5. The first kappa shape index (κ1) is 23.8. The van der Waals surface area contributed by atoms with Gasteiger partial charge in [0.2, 0.25) is 0 Å². The monoisotopic (exact) mass is 488 g/mol. The lowest BCUT2D eigenvalue weighted by atomic mass is 10.0. The molecule has 4 aromatic rings. The number of amides is 2. The zero-order valence-corrected chi connectivity index (χ0v) is 21.1. The Hall–Kier alpha value is -3.92. The van der Waals surface area contributed by atoms with Gasteiger partial charge in [0, 0.05) is 62.9 Å². The second kappa shape index (κ2) is 9.62. The predicted molar refractivity (Wildman–Crippen MR) is 141 cm³/mol. The Morgan fingerprint density at radius 1 is 1.08 bits per heavy atom. The predicted octanol–water partition coefficient (Wildman–Crippen LogP) is 2.72. The summed E-state index contributed by atoms with van der Waals surface area (Å²) in [6.07, 6.45) is 7.73. The molecule has 1 saturated heterocycles. The largest absolute Gasteiger partial charge is 0.371 e. The van der Waals surface area contributed by atoms with Crippen LogP contribution in [0.3, 0.4) is 0 Å². The van der Waals surface area contributed by atoms with Crippen LogP contribution in [0.2, 0.25) is 0 Å². The number of nitrogens with zero attached hydrogens (tertiary/aromatic N) is 5. The minimum atomic E-state index is -0.282. The maximum Gasteiger partial charge on any atom is 0.257 e. The Kier molecular flexibility index (Phi) is 6.36. The third kappa shape index (κ3) is 4.39. The summed E-state index contributed by atoms with van der Waals surface area (Å²) in [5.41, 5.74) is 4.46. The van der Waals surface area contributed by atoms with Crippen LogP contribution in [0.15, 0.2) is 36.8 Å². The van der Waals surface area contributed by atoms with E-state index in [-0.39, 0.29) is 11.8 Å². The summed E-state index contributed by atoms with van der Waals surface area (Å²) in [6.45, 7) is 6.91. The van der Waals surface area contributed by atoms with Crippen LogP contribution >= 0.6 is 0 Å². The van der Waals surface area contributed by atoms with E-state index in [9.17, 15) is 9.59 Å².